The standard InChI is InChI=1S/C25H26N4O3S/c30-22(16-29-24(31)20(27-25(29)32)13-12-17-7-2-1-3-8-17)28-14-6-9-18(15-28)23-26-19-10-4-5-11-21(19)33-23/h1-5,7-8,10-11,18,20H,6,9,12-16H2,(H,27,32)/t18-,20+/m1/s1. The molecule has 3 heterocycles. The van der Waals surface area contributed by atoms with Gasteiger partial charge in [-0.3, -0.25) is 14.5 Å². The lowest BCUT2D eigenvalue weighted by Crippen LogP contribution is -2.46. The molecule has 0 bridgehead atoms. The molecule has 0 radical (unpaired) electrons. The second-order valence-corrected chi connectivity index (χ2v) is 9.71. The summed E-state index contributed by atoms with van der Waals surface area (Å²) in [6.07, 6.45) is 3.07. The molecule has 1 N–H and O–H groups in total. The molecule has 2 aliphatic rings. The van der Waals surface area contributed by atoms with Gasteiger partial charge in [-0.1, -0.05) is 42.5 Å². The van der Waals surface area contributed by atoms with Gasteiger partial charge < -0.3 is 10.2 Å². The van der Waals surface area contributed by atoms with Crippen molar-refractivity contribution in [1.29, 1.82) is 0 Å². The molecule has 0 aliphatic carbocycles. The van der Waals surface area contributed by atoms with Crippen LogP contribution < -0.4 is 5.32 Å². The maximum Gasteiger partial charge on any atom is 0.325 e. The molecule has 0 saturated carbocycles. The number of amides is 4. The van der Waals surface area contributed by atoms with Crippen LogP contribution in [0.1, 0.15) is 35.8 Å². The van der Waals surface area contributed by atoms with E-state index in [0.717, 1.165) is 38.5 Å². The second kappa shape index (κ2) is 9.31. The molecule has 33 heavy (non-hydrogen) atoms. The van der Waals surface area contributed by atoms with Crippen molar-refractivity contribution in [2.45, 2.75) is 37.6 Å². The zero-order chi connectivity index (χ0) is 22.8. The van der Waals surface area contributed by atoms with Gasteiger partial charge in [-0.2, -0.15) is 0 Å². The highest BCUT2D eigenvalue weighted by molar-refractivity contribution is 7.18. The Kier molecular flexibility index (Phi) is 6.09. The lowest BCUT2D eigenvalue weighted by molar-refractivity contribution is -0.138. The van der Waals surface area contributed by atoms with Crippen molar-refractivity contribution in [1.82, 2.24) is 20.1 Å². The number of para-hydroxylation sites is 1. The van der Waals surface area contributed by atoms with E-state index in [1.807, 2.05) is 48.5 Å². The van der Waals surface area contributed by atoms with E-state index >= 15 is 0 Å². The van der Waals surface area contributed by atoms with Gasteiger partial charge in [0.15, 0.2) is 0 Å². The Morgan fingerprint density at radius 1 is 1.09 bits per heavy atom. The average Bonchev–Trinajstić information content (AvgIpc) is 3.40. The number of benzene rings is 2. The number of likely N-dealkylation sites (tertiary alicyclic amines) is 1. The third-order valence-corrected chi connectivity index (χ3v) is 7.60. The van der Waals surface area contributed by atoms with E-state index in [0.29, 0.717) is 25.9 Å². The van der Waals surface area contributed by atoms with Crippen molar-refractivity contribution in [2.24, 2.45) is 0 Å². The first-order valence-corrected chi connectivity index (χ1v) is 12.2. The number of fused-ring (bicyclic) bond motifs is 1. The number of hydrogen-bond acceptors (Lipinski definition) is 5. The molecule has 8 heteroatoms. The number of thiazole rings is 1. The predicted octanol–water partition coefficient (Wildman–Crippen LogP) is 3.56. The minimum Gasteiger partial charge on any atom is -0.340 e. The van der Waals surface area contributed by atoms with Crippen LogP contribution >= 0.6 is 11.3 Å². The molecule has 4 amide bonds. The van der Waals surface area contributed by atoms with Crippen molar-refractivity contribution < 1.29 is 14.4 Å². The van der Waals surface area contributed by atoms with Crippen LogP contribution in [0.25, 0.3) is 10.2 Å². The first kappa shape index (κ1) is 21.6. The summed E-state index contributed by atoms with van der Waals surface area (Å²) in [6.45, 7) is 1.00. The first-order chi connectivity index (χ1) is 16.1. The summed E-state index contributed by atoms with van der Waals surface area (Å²) in [5, 5.41) is 3.79. The third-order valence-electron chi connectivity index (χ3n) is 6.40. The summed E-state index contributed by atoms with van der Waals surface area (Å²) in [4.78, 5) is 45.9. The highest BCUT2D eigenvalue weighted by Crippen LogP contribution is 2.33. The molecule has 2 fully saturated rings. The highest BCUT2D eigenvalue weighted by atomic mass is 32.1. The number of nitrogens with one attached hydrogen (secondary N) is 1. The number of carbonyl (C=O) groups is 3. The number of aromatic nitrogens is 1. The summed E-state index contributed by atoms with van der Waals surface area (Å²) in [5.74, 6) is -0.320. The van der Waals surface area contributed by atoms with Crippen LogP contribution in [0.4, 0.5) is 4.79 Å². The second-order valence-electron chi connectivity index (χ2n) is 8.65. The van der Waals surface area contributed by atoms with E-state index in [4.69, 9.17) is 4.98 Å². The lowest BCUT2D eigenvalue weighted by Gasteiger charge is -2.32. The van der Waals surface area contributed by atoms with Gasteiger partial charge in [-0.15, -0.1) is 11.3 Å². The van der Waals surface area contributed by atoms with E-state index in [1.54, 1.807) is 16.2 Å². The van der Waals surface area contributed by atoms with Crippen LogP contribution in [0.3, 0.4) is 0 Å². The van der Waals surface area contributed by atoms with E-state index in [9.17, 15) is 14.4 Å². The van der Waals surface area contributed by atoms with Crippen LogP contribution in [-0.2, 0) is 16.0 Å². The SMILES string of the molecule is O=C(CN1C(=O)N[C@@H](CCc2ccccc2)C1=O)N1CCC[C@@H](c2nc3ccccc3s2)C1. The van der Waals surface area contributed by atoms with E-state index in [1.165, 1.54) is 0 Å². The lowest BCUT2D eigenvalue weighted by atomic mass is 9.98. The molecule has 2 aliphatic heterocycles. The minimum atomic E-state index is -0.581. The summed E-state index contributed by atoms with van der Waals surface area (Å²) in [7, 11) is 0. The molecule has 2 atom stereocenters. The molecule has 2 aromatic carbocycles. The molecule has 2 saturated heterocycles. The number of rotatable bonds is 6. The number of aryl methyl sites for hydroxylation is 1. The normalized spacial score (nSPS) is 21.0. The van der Waals surface area contributed by atoms with Gasteiger partial charge in [0, 0.05) is 19.0 Å². The molecule has 0 unspecified atom stereocenters. The topological polar surface area (TPSA) is 82.6 Å². The molecule has 7 nitrogen and oxygen atoms in total. The zero-order valence-electron chi connectivity index (χ0n) is 18.3. The van der Waals surface area contributed by atoms with Gasteiger partial charge in [0.1, 0.15) is 12.6 Å². The van der Waals surface area contributed by atoms with Crippen molar-refractivity contribution in [3.8, 4) is 0 Å². The fourth-order valence-electron chi connectivity index (χ4n) is 4.58. The van der Waals surface area contributed by atoms with Gasteiger partial charge >= 0.3 is 6.03 Å². The van der Waals surface area contributed by atoms with Gasteiger partial charge in [0.05, 0.1) is 15.2 Å². The Hall–Kier alpha value is -3.26. The summed E-state index contributed by atoms with van der Waals surface area (Å²) in [5.41, 5.74) is 2.10. The monoisotopic (exact) mass is 462 g/mol. The number of piperidine rings is 1. The Bertz CT molecular complexity index is 1150. The number of hydrogen-bond donors (Lipinski definition) is 1. The van der Waals surface area contributed by atoms with Gasteiger partial charge in [0.25, 0.3) is 5.91 Å². The number of carbonyl (C=O) groups excluding carboxylic acids is 3. The number of imide groups is 1. The van der Waals surface area contributed by atoms with Crippen LogP contribution in [0, 0.1) is 0 Å². The largest absolute Gasteiger partial charge is 0.340 e. The van der Waals surface area contributed by atoms with E-state index in [-0.39, 0.29) is 24.3 Å². The fourth-order valence-corrected chi connectivity index (χ4v) is 5.68. The Morgan fingerprint density at radius 3 is 2.70 bits per heavy atom. The third kappa shape index (κ3) is 4.61. The maximum absolute atomic E-state index is 13.0. The Labute approximate surface area is 196 Å². The molecular formula is C25H26N4O3S. The predicted molar refractivity (Wildman–Crippen MR) is 127 cm³/mol. The molecule has 5 rings (SSSR count). The van der Waals surface area contributed by atoms with Crippen LogP contribution in [0.2, 0.25) is 0 Å². The van der Waals surface area contributed by atoms with Gasteiger partial charge in [0.2, 0.25) is 5.91 Å². The van der Waals surface area contributed by atoms with Crippen molar-refractivity contribution >= 4 is 39.4 Å². The summed E-state index contributed by atoms with van der Waals surface area (Å²) < 4.78 is 1.15. The maximum atomic E-state index is 13.0. The van der Waals surface area contributed by atoms with Crippen molar-refractivity contribution in [2.75, 3.05) is 19.6 Å². The van der Waals surface area contributed by atoms with Gasteiger partial charge in [-0.05, 0) is 43.4 Å². The summed E-state index contributed by atoms with van der Waals surface area (Å²) >= 11 is 1.68. The van der Waals surface area contributed by atoms with Crippen molar-refractivity contribution in [3.63, 3.8) is 0 Å². The highest BCUT2D eigenvalue weighted by Gasteiger charge is 2.39. The smallest absolute Gasteiger partial charge is 0.325 e. The molecule has 0 spiro atoms. The number of nitrogens with zero attached hydrogens (tertiary/aromatic N) is 3. The quantitative estimate of drug-likeness (QED) is 0.568. The molecule has 170 valence electrons. The Morgan fingerprint density at radius 2 is 1.88 bits per heavy atom. The van der Waals surface area contributed by atoms with Crippen LogP contribution in [0.5, 0.6) is 0 Å². The zero-order valence-corrected chi connectivity index (χ0v) is 19.1. The van der Waals surface area contributed by atoms with Crippen LogP contribution in [-0.4, -0.2) is 58.3 Å². The Balaban J connectivity index is 1.19. The number of urea groups is 1. The minimum absolute atomic E-state index is 0.182. The first-order valence-electron chi connectivity index (χ1n) is 11.4. The van der Waals surface area contributed by atoms with E-state index in [2.05, 4.69) is 11.4 Å². The van der Waals surface area contributed by atoms with Gasteiger partial charge in [-0.25, -0.2) is 9.78 Å². The van der Waals surface area contributed by atoms with E-state index < -0.39 is 12.1 Å². The molecule has 1 aromatic heterocycles. The fraction of sp³-hybridized carbons (Fsp3) is 0.360. The van der Waals surface area contributed by atoms with Crippen LogP contribution in [0.15, 0.2) is 54.6 Å². The molecular weight excluding hydrogens is 436 g/mol. The van der Waals surface area contributed by atoms with Crippen molar-refractivity contribution in [3.05, 3.63) is 65.2 Å². The average molecular weight is 463 g/mol. The summed E-state index contributed by atoms with van der Waals surface area (Å²) in [6, 6.07) is 16.9. The molecule has 3 aromatic rings.